The van der Waals surface area contributed by atoms with Crippen molar-refractivity contribution < 1.29 is 18.7 Å². The zero-order chi connectivity index (χ0) is 24.4. The molecule has 10 heteroatoms. The normalized spacial score (nSPS) is 16.9. The monoisotopic (exact) mass is 492 g/mol. The second-order valence-corrected chi connectivity index (χ2v) is 9.24. The van der Waals surface area contributed by atoms with Crippen molar-refractivity contribution in [1.29, 1.82) is 5.26 Å². The van der Waals surface area contributed by atoms with Gasteiger partial charge < -0.3 is 23.7 Å². The van der Waals surface area contributed by atoms with Crippen molar-refractivity contribution in [3.8, 4) is 17.6 Å². The van der Waals surface area contributed by atoms with Crippen LogP contribution in [0.5, 0.6) is 11.5 Å². The van der Waals surface area contributed by atoms with E-state index in [9.17, 15) is 14.9 Å². The summed E-state index contributed by atoms with van der Waals surface area (Å²) < 4.78 is 18.4. The Hall–Kier alpha value is -3.81. The van der Waals surface area contributed by atoms with Gasteiger partial charge in [0, 0.05) is 26.2 Å². The molecule has 35 heavy (non-hydrogen) atoms. The number of nitriles is 1. The van der Waals surface area contributed by atoms with E-state index < -0.39 is 0 Å². The maximum absolute atomic E-state index is 13.4. The molecule has 0 spiro atoms. The molecule has 5 rings (SSSR count). The van der Waals surface area contributed by atoms with Gasteiger partial charge in [0.15, 0.2) is 17.1 Å². The van der Waals surface area contributed by atoms with Gasteiger partial charge in [-0.25, -0.2) is 0 Å². The molecule has 0 aliphatic carbocycles. The lowest BCUT2D eigenvalue weighted by atomic mass is 10.2. The van der Waals surface area contributed by atoms with Gasteiger partial charge in [-0.05, 0) is 42.4 Å². The summed E-state index contributed by atoms with van der Waals surface area (Å²) in [6, 6.07) is 11.0. The molecule has 0 saturated carbocycles. The van der Waals surface area contributed by atoms with E-state index in [2.05, 4.69) is 17.9 Å². The van der Waals surface area contributed by atoms with Crippen LogP contribution in [0.1, 0.15) is 18.2 Å². The lowest BCUT2D eigenvalue weighted by molar-refractivity contribution is -0.126. The molecular weight excluding hydrogens is 468 g/mol. The molecule has 0 atom stereocenters. The lowest BCUT2D eigenvalue weighted by Gasteiger charge is -2.33. The van der Waals surface area contributed by atoms with Gasteiger partial charge in [-0.1, -0.05) is 13.0 Å². The first kappa shape index (κ1) is 23.0. The van der Waals surface area contributed by atoms with Crippen molar-refractivity contribution in [1.82, 2.24) is 14.4 Å². The number of benzene rings is 1. The predicted octanol–water partition coefficient (Wildman–Crippen LogP) is 0.947. The third-order valence-electron chi connectivity index (χ3n) is 6.14. The molecule has 1 fully saturated rings. The van der Waals surface area contributed by atoms with Crippen LogP contribution in [0.25, 0.3) is 11.6 Å². The van der Waals surface area contributed by atoms with E-state index in [1.807, 2.05) is 6.07 Å². The maximum Gasteiger partial charge on any atom is 0.269 e. The summed E-state index contributed by atoms with van der Waals surface area (Å²) in [5.74, 6) is 1.46. The second-order valence-electron chi connectivity index (χ2n) is 8.21. The number of fused-ring (bicyclic) bond motifs is 1. The first-order valence-electron chi connectivity index (χ1n) is 11.4. The predicted molar refractivity (Wildman–Crippen MR) is 129 cm³/mol. The Bertz CT molecular complexity index is 1460. The van der Waals surface area contributed by atoms with Gasteiger partial charge >= 0.3 is 0 Å². The van der Waals surface area contributed by atoms with E-state index in [4.69, 9.17) is 13.9 Å². The molecule has 0 unspecified atom stereocenters. The average Bonchev–Trinajstić information content (AvgIpc) is 3.63. The standard InChI is InChI=1S/C25H24N4O5S/c1-2-27-7-9-28(10-8-27)23(30)19(14-26)25-29(15-18-4-3-11-32-18)24(31)22(35-25)13-17-5-6-20-21(12-17)34-16-33-20/h3-6,11-13H,2,7-10,15-16H2,1H3/b22-13-,25-19-. The molecule has 2 aliphatic heterocycles. The Kier molecular flexibility index (Phi) is 6.44. The fourth-order valence-corrected chi connectivity index (χ4v) is 5.27. The molecule has 9 nitrogen and oxygen atoms in total. The molecule has 3 aromatic rings. The summed E-state index contributed by atoms with van der Waals surface area (Å²) in [5, 5.41) is 10.0. The third kappa shape index (κ3) is 4.60. The molecule has 1 aromatic carbocycles. The van der Waals surface area contributed by atoms with Crippen LogP contribution >= 0.6 is 11.3 Å². The van der Waals surface area contributed by atoms with Crippen molar-refractivity contribution >= 4 is 28.9 Å². The largest absolute Gasteiger partial charge is 0.467 e. The Morgan fingerprint density at radius 2 is 1.97 bits per heavy atom. The summed E-state index contributed by atoms with van der Waals surface area (Å²) in [4.78, 5) is 30.8. The molecule has 1 amide bonds. The molecule has 0 radical (unpaired) electrons. The fourth-order valence-electron chi connectivity index (χ4n) is 4.17. The number of furan rings is 1. The molecule has 180 valence electrons. The number of amides is 1. The molecule has 4 heterocycles. The first-order chi connectivity index (χ1) is 17.1. The quantitative estimate of drug-likeness (QED) is 0.523. The number of thiazole rings is 1. The zero-order valence-electron chi connectivity index (χ0n) is 19.2. The molecule has 2 aliphatic rings. The Balaban J connectivity index is 1.61. The van der Waals surface area contributed by atoms with Gasteiger partial charge in [0.05, 0.1) is 17.3 Å². The van der Waals surface area contributed by atoms with Gasteiger partial charge in [0.1, 0.15) is 16.5 Å². The number of piperazine rings is 1. The minimum absolute atomic E-state index is 0.0334. The topological polar surface area (TPSA) is 101 Å². The zero-order valence-corrected chi connectivity index (χ0v) is 20.0. The number of carbonyl (C=O) groups excluding carboxylic acids is 1. The van der Waals surface area contributed by atoms with Gasteiger partial charge in [-0.2, -0.15) is 5.26 Å². The van der Waals surface area contributed by atoms with Crippen molar-refractivity contribution in [3.63, 3.8) is 0 Å². The Morgan fingerprint density at radius 3 is 2.69 bits per heavy atom. The number of rotatable bonds is 5. The number of hydrogen-bond acceptors (Lipinski definition) is 8. The summed E-state index contributed by atoms with van der Waals surface area (Å²) >= 11 is 1.13. The minimum atomic E-state index is -0.354. The number of likely N-dealkylation sites (N-methyl/N-ethyl adjacent to an activating group) is 1. The van der Waals surface area contributed by atoms with Crippen molar-refractivity contribution in [2.24, 2.45) is 0 Å². The summed E-state index contributed by atoms with van der Waals surface area (Å²) in [6.07, 6.45) is 3.26. The highest BCUT2D eigenvalue weighted by Gasteiger charge is 2.25. The van der Waals surface area contributed by atoms with E-state index >= 15 is 0 Å². The van der Waals surface area contributed by atoms with Crippen LogP contribution in [0.15, 0.2) is 45.8 Å². The van der Waals surface area contributed by atoms with Gasteiger partial charge in [0.25, 0.3) is 11.5 Å². The highest BCUT2D eigenvalue weighted by Crippen LogP contribution is 2.32. The van der Waals surface area contributed by atoms with Crippen LogP contribution in [0, 0.1) is 11.3 Å². The average molecular weight is 493 g/mol. The molecular formula is C25H24N4O5S. The molecule has 2 aromatic heterocycles. The number of carbonyl (C=O) groups is 1. The smallest absolute Gasteiger partial charge is 0.269 e. The van der Waals surface area contributed by atoms with Crippen LogP contribution in [-0.4, -0.2) is 59.8 Å². The third-order valence-corrected chi connectivity index (χ3v) is 7.27. The van der Waals surface area contributed by atoms with E-state index in [1.54, 1.807) is 35.2 Å². The van der Waals surface area contributed by atoms with Crippen molar-refractivity contribution in [2.45, 2.75) is 13.5 Å². The van der Waals surface area contributed by atoms with Crippen LogP contribution in [0.4, 0.5) is 0 Å². The number of nitrogens with zero attached hydrogens (tertiary/aromatic N) is 4. The molecule has 0 bridgehead atoms. The van der Waals surface area contributed by atoms with Crippen LogP contribution < -0.4 is 24.2 Å². The molecule has 1 saturated heterocycles. The second kappa shape index (κ2) is 9.82. The van der Waals surface area contributed by atoms with Gasteiger partial charge in [0.2, 0.25) is 6.79 Å². The van der Waals surface area contributed by atoms with Crippen molar-refractivity contribution in [3.05, 3.63) is 67.5 Å². The van der Waals surface area contributed by atoms with Gasteiger partial charge in [-0.15, -0.1) is 11.3 Å². The van der Waals surface area contributed by atoms with Crippen LogP contribution in [0.3, 0.4) is 0 Å². The van der Waals surface area contributed by atoms with Crippen LogP contribution in [-0.2, 0) is 11.3 Å². The Labute approximate surface area is 205 Å². The maximum atomic E-state index is 13.4. The minimum Gasteiger partial charge on any atom is -0.467 e. The number of aromatic nitrogens is 1. The summed E-state index contributed by atoms with van der Waals surface area (Å²) in [5.41, 5.74) is 0.425. The summed E-state index contributed by atoms with van der Waals surface area (Å²) in [7, 11) is 0. The van der Waals surface area contributed by atoms with Crippen LogP contribution in [0.2, 0.25) is 0 Å². The lowest BCUT2D eigenvalue weighted by Crippen LogP contribution is -2.49. The molecule has 0 N–H and O–H groups in total. The highest BCUT2D eigenvalue weighted by molar-refractivity contribution is 7.07. The Morgan fingerprint density at radius 1 is 1.17 bits per heavy atom. The highest BCUT2D eigenvalue weighted by atomic mass is 32.1. The van der Waals surface area contributed by atoms with Gasteiger partial charge in [-0.3, -0.25) is 14.2 Å². The van der Waals surface area contributed by atoms with Crippen molar-refractivity contribution in [2.75, 3.05) is 39.5 Å². The SMILES string of the molecule is CCN1CCN(C(=O)/C(C#N)=c2\s/c(=C\c3ccc4c(c3)OCO4)c(=O)n2Cc2ccco2)CC1. The first-order valence-corrected chi connectivity index (χ1v) is 12.2. The number of hydrogen-bond donors (Lipinski definition) is 0. The van der Waals surface area contributed by atoms with E-state index in [0.717, 1.165) is 36.5 Å². The van der Waals surface area contributed by atoms with E-state index in [-0.39, 0.29) is 30.4 Å². The fraction of sp³-hybridized carbons (Fsp3) is 0.320. The van der Waals surface area contributed by atoms with E-state index in [1.165, 1.54) is 10.8 Å². The number of ether oxygens (including phenoxy) is 2. The van der Waals surface area contributed by atoms with E-state index in [0.29, 0.717) is 39.5 Å². The summed E-state index contributed by atoms with van der Waals surface area (Å²) in [6.45, 7) is 5.89.